The summed E-state index contributed by atoms with van der Waals surface area (Å²) in [6.45, 7) is 3.30. The number of hydrogen-bond donors (Lipinski definition) is 1. The number of thiazole rings is 1. The molecule has 1 saturated heterocycles. The predicted octanol–water partition coefficient (Wildman–Crippen LogP) is 4.60. The van der Waals surface area contributed by atoms with E-state index < -0.39 is 0 Å². The molecule has 1 aromatic carbocycles. The summed E-state index contributed by atoms with van der Waals surface area (Å²) in [5.74, 6) is -0.403. The van der Waals surface area contributed by atoms with Crippen molar-refractivity contribution < 1.29 is 9.59 Å². The zero-order chi connectivity index (χ0) is 20.4. The van der Waals surface area contributed by atoms with E-state index in [1.54, 1.807) is 17.3 Å². The molecule has 1 atom stereocenters. The average molecular weight is 429 g/mol. The van der Waals surface area contributed by atoms with Crippen LogP contribution in [-0.4, -0.2) is 39.8 Å². The number of rotatable bonds is 6. The van der Waals surface area contributed by atoms with Crippen molar-refractivity contribution in [3.05, 3.63) is 41.8 Å². The number of hydrogen-bond acceptors (Lipinski definition) is 5. The van der Waals surface area contributed by atoms with Gasteiger partial charge >= 0.3 is 0 Å². The van der Waals surface area contributed by atoms with Crippen LogP contribution in [0.5, 0.6) is 0 Å². The first kappa shape index (κ1) is 19.8. The summed E-state index contributed by atoms with van der Waals surface area (Å²) < 4.78 is 0. The Kier molecular flexibility index (Phi) is 5.78. The second-order valence-corrected chi connectivity index (χ2v) is 8.60. The van der Waals surface area contributed by atoms with Gasteiger partial charge in [0.2, 0.25) is 11.8 Å². The Labute approximate surface area is 177 Å². The number of likely N-dealkylation sites (tertiary alicyclic amines) is 1. The van der Waals surface area contributed by atoms with Crippen LogP contribution < -0.4 is 5.32 Å². The number of pyridine rings is 1. The van der Waals surface area contributed by atoms with Gasteiger partial charge in [0, 0.05) is 37.3 Å². The second-order valence-electron chi connectivity index (χ2n) is 7.18. The highest BCUT2D eigenvalue weighted by Gasteiger charge is 2.34. The molecule has 29 heavy (non-hydrogen) atoms. The summed E-state index contributed by atoms with van der Waals surface area (Å²) in [6, 6.07) is 7.84. The van der Waals surface area contributed by atoms with E-state index in [4.69, 9.17) is 11.6 Å². The summed E-state index contributed by atoms with van der Waals surface area (Å²) in [4.78, 5) is 35.8. The Morgan fingerprint density at radius 2 is 2.14 bits per heavy atom. The number of aromatic nitrogens is 2. The molecule has 0 aliphatic carbocycles. The molecule has 1 fully saturated rings. The number of amides is 2. The smallest absolute Gasteiger partial charge is 0.231 e. The van der Waals surface area contributed by atoms with E-state index in [-0.39, 0.29) is 24.2 Å². The normalized spacial score (nSPS) is 16.6. The van der Waals surface area contributed by atoms with Gasteiger partial charge in [-0.15, -0.1) is 0 Å². The summed E-state index contributed by atoms with van der Waals surface area (Å²) >= 11 is 7.40. The number of carbonyl (C=O) groups is 2. The minimum absolute atomic E-state index is 0.0581. The van der Waals surface area contributed by atoms with Gasteiger partial charge in [0.15, 0.2) is 5.13 Å². The van der Waals surface area contributed by atoms with Crippen LogP contribution in [0.1, 0.15) is 26.2 Å². The molecule has 1 aliphatic rings. The van der Waals surface area contributed by atoms with E-state index in [1.165, 1.54) is 11.3 Å². The number of anilines is 1. The largest absolute Gasteiger partial charge is 0.342 e. The second kappa shape index (κ2) is 8.47. The van der Waals surface area contributed by atoms with Crippen LogP contribution in [0.25, 0.3) is 21.2 Å². The Balaban J connectivity index is 1.44. The Bertz CT molecular complexity index is 1070. The molecule has 8 heteroatoms. The maximum atomic E-state index is 12.6. The maximum absolute atomic E-state index is 12.6. The molecule has 0 radical (unpaired) electrons. The SMILES string of the molecule is CCCCN1CC(C(=O)Nc2ncc(-c3ccc4cnc(Cl)cc4c3)s2)CC1=O. The van der Waals surface area contributed by atoms with Gasteiger partial charge in [0.25, 0.3) is 0 Å². The summed E-state index contributed by atoms with van der Waals surface area (Å²) in [5, 5.41) is 5.87. The zero-order valence-electron chi connectivity index (χ0n) is 16.0. The van der Waals surface area contributed by atoms with Gasteiger partial charge in [-0.2, -0.15) is 0 Å². The minimum Gasteiger partial charge on any atom is -0.342 e. The fraction of sp³-hybridized carbons (Fsp3) is 0.333. The number of benzene rings is 1. The van der Waals surface area contributed by atoms with Crippen molar-refractivity contribution in [3.8, 4) is 10.4 Å². The van der Waals surface area contributed by atoms with Crippen molar-refractivity contribution >= 4 is 50.7 Å². The maximum Gasteiger partial charge on any atom is 0.231 e. The van der Waals surface area contributed by atoms with Crippen LogP contribution >= 0.6 is 22.9 Å². The van der Waals surface area contributed by atoms with Crippen LogP contribution in [0.3, 0.4) is 0 Å². The van der Waals surface area contributed by atoms with Crippen molar-refractivity contribution in [2.45, 2.75) is 26.2 Å². The average Bonchev–Trinajstić information content (AvgIpc) is 3.32. The molecule has 6 nitrogen and oxygen atoms in total. The van der Waals surface area contributed by atoms with Gasteiger partial charge in [-0.3, -0.25) is 9.59 Å². The molecule has 150 valence electrons. The van der Waals surface area contributed by atoms with E-state index in [0.29, 0.717) is 16.8 Å². The first-order valence-corrected chi connectivity index (χ1v) is 10.8. The molecule has 0 saturated carbocycles. The van der Waals surface area contributed by atoms with Gasteiger partial charge in [-0.05, 0) is 29.5 Å². The minimum atomic E-state index is -0.318. The summed E-state index contributed by atoms with van der Waals surface area (Å²) in [6.07, 6.45) is 5.75. The lowest BCUT2D eigenvalue weighted by atomic mass is 10.1. The summed E-state index contributed by atoms with van der Waals surface area (Å²) in [7, 11) is 0. The van der Waals surface area contributed by atoms with Crippen molar-refractivity contribution in [3.63, 3.8) is 0 Å². The highest BCUT2D eigenvalue weighted by atomic mass is 35.5. The fourth-order valence-corrected chi connectivity index (χ4v) is 4.43. The Morgan fingerprint density at radius 1 is 1.28 bits per heavy atom. The molecule has 3 heterocycles. The van der Waals surface area contributed by atoms with E-state index in [2.05, 4.69) is 22.2 Å². The zero-order valence-corrected chi connectivity index (χ0v) is 17.6. The number of fused-ring (bicyclic) bond motifs is 1. The van der Waals surface area contributed by atoms with Crippen LogP contribution in [-0.2, 0) is 9.59 Å². The Hall–Kier alpha value is -2.51. The van der Waals surface area contributed by atoms with Gasteiger partial charge in [0.1, 0.15) is 5.15 Å². The Morgan fingerprint density at radius 3 is 2.97 bits per heavy atom. The first-order valence-electron chi connectivity index (χ1n) is 9.63. The van der Waals surface area contributed by atoms with Crippen molar-refractivity contribution in [2.24, 2.45) is 5.92 Å². The quantitative estimate of drug-likeness (QED) is 0.582. The molecule has 2 aromatic heterocycles. The van der Waals surface area contributed by atoms with E-state index in [0.717, 1.165) is 40.6 Å². The summed E-state index contributed by atoms with van der Waals surface area (Å²) in [5.41, 5.74) is 1.000. The van der Waals surface area contributed by atoms with E-state index in [1.807, 2.05) is 24.3 Å². The van der Waals surface area contributed by atoms with E-state index >= 15 is 0 Å². The standard InChI is InChI=1S/C21H21ClN4O2S/c1-2-3-6-26-12-16(9-19(26)27)20(28)25-21-24-11-17(29-21)13-4-5-14-10-23-18(22)8-15(14)7-13/h4-5,7-8,10-11,16H,2-3,6,9,12H2,1H3,(H,24,25,28). The highest BCUT2D eigenvalue weighted by Crippen LogP contribution is 2.32. The van der Waals surface area contributed by atoms with E-state index in [9.17, 15) is 9.59 Å². The highest BCUT2D eigenvalue weighted by molar-refractivity contribution is 7.19. The van der Waals surface area contributed by atoms with Gasteiger partial charge in [-0.1, -0.05) is 48.4 Å². The monoisotopic (exact) mass is 428 g/mol. The lowest BCUT2D eigenvalue weighted by Gasteiger charge is -2.15. The van der Waals surface area contributed by atoms with Crippen molar-refractivity contribution in [1.29, 1.82) is 0 Å². The van der Waals surface area contributed by atoms with Gasteiger partial charge in [-0.25, -0.2) is 9.97 Å². The molecule has 0 spiro atoms. The molecular formula is C21H21ClN4O2S. The van der Waals surface area contributed by atoms with Crippen molar-refractivity contribution in [2.75, 3.05) is 18.4 Å². The number of unbranched alkanes of at least 4 members (excludes halogenated alkanes) is 1. The lowest BCUT2D eigenvalue weighted by Crippen LogP contribution is -2.29. The molecule has 1 unspecified atom stereocenters. The fourth-order valence-electron chi connectivity index (χ4n) is 3.45. The van der Waals surface area contributed by atoms with Gasteiger partial charge < -0.3 is 10.2 Å². The molecular weight excluding hydrogens is 408 g/mol. The molecule has 3 aromatic rings. The third-order valence-electron chi connectivity index (χ3n) is 5.08. The van der Waals surface area contributed by atoms with Crippen LogP contribution in [0.15, 0.2) is 36.7 Å². The van der Waals surface area contributed by atoms with Gasteiger partial charge in [0.05, 0.1) is 10.8 Å². The number of nitrogens with zero attached hydrogens (tertiary/aromatic N) is 3. The van der Waals surface area contributed by atoms with Crippen LogP contribution in [0.2, 0.25) is 5.15 Å². The number of carbonyl (C=O) groups excluding carboxylic acids is 2. The van der Waals surface area contributed by atoms with Crippen LogP contribution in [0, 0.1) is 5.92 Å². The first-order chi connectivity index (χ1) is 14.0. The molecule has 2 amide bonds. The molecule has 4 rings (SSSR count). The topological polar surface area (TPSA) is 75.2 Å². The molecule has 0 bridgehead atoms. The number of halogens is 1. The molecule has 1 N–H and O–H groups in total. The third-order valence-corrected chi connectivity index (χ3v) is 6.24. The lowest BCUT2D eigenvalue weighted by molar-refractivity contribution is -0.128. The molecule has 1 aliphatic heterocycles. The predicted molar refractivity (Wildman–Crippen MR) is 116 cm³/mol. The number of nitrogens with one attached hydrogen (secondary N) is 1. The van der Waals surface area contributed by atoms with Crippen LogP contribution in [0.4, 0.5) is 5.13 Å². The third kappa shape index (κ3) is 4.41. The van der Waals surface area contributed by atoms with Crippen molar-refractivity contribution in [1.82, 2.24) is 14.9 Å².